The van der Waals surface area contributed by atoms with Crippen LogP contribution in [0.5, 0.6) is 5.75 Å². The summed E-state index contributed by atoms with van der Waals surface area (Å²) in [5.41, 5.74) is 6.86. The van der Waals surface area contributed by atoms with Crippen LogP contribution in [0.1, 0.15) is 15.9 Å². The zero-order valence-corrected chi connectivity index (χ0v) is 11.0. The number of carbonyl (C=O) groups excluding carboxylic acids is 1. The standard InChI is InChI=1S/C15H15FN2O2/c1-20-13-7-3-6-12(16)14(13)15(19)18-11-5-2-4-10(8-11)9-17/h2-8H,9,17H2,1H3,(H,18,19). The summed E-state index contributed by atoms with van der Waals surface area (Å²) in [4.78, 5) is 12.2. The molecule has 0 heterocycles. The fourth-order valence-corrected chi connectivity index (χ4v) is 1.86. The number of rotatable bonds is 4. The summed E-state index contributed by atoms with van der Waals surface area (Å²) < 4.78 is 18.8. The van der Waals surface area contributed by atoms with E-state index in [-0.39, 0.29) is 11.3 Å². The van der Waals surface area contributed by atoms with Gasteiger partial charge in [-0.1, -0.05) is 18.2 Å². The number of carbonyl (C=O) groups is 1. The van der Waals surface area contributed by atoms with Gasteiger partial charge in [-0.25, -0.2) is 4.39 Å². The average molecular weight is 274 g/mol. The Kier molecular flexibility index (Phi) is 4.32. The van der Waals surface area contributed by atoms with Gasteiger partial charge in [-0.05, 0) is 29.8 Å². The average Bonchev–Trinajstić information content (AvgIpc) is 2.46. The first-order valence-corrected chi connectivity index (χ1v) is 6.08. The highest BCUT2D eigenvalue weighted by Gasteiger charge is 2.17. The van der Waals surface area contributed by atoms with E-state index in [4.69, 9.17) is 10.5 Å². The first-order chi connectivity index (χ1) is 9.65. The number of anilines is 1. The van der Waals surface area contributed by atoms with Gasteiger partial charge in [0.25, 0.3) is 5.91 Å². The van der Waals surface area contributed by atoms with Gasteiger partial charge in [-0.2, -0.15) is 0 Å². The van der Waals surface area contributed by atoms with Crippen LogP contribution in [0.3, 0.4) is 0 Å². The van der Waals surface area contributed by atoms with Crippen molar-refractivity contribution in [3.05, 3.63) is 59.4 Å². The maximum atomic E-state index is 13.8. The SMILES string of the molecule is COc1cccc(F)c1C(=O)Nc1cccc(CN)c1. The lowest BCUT2D eigenvalue weighted by atomic mass is 10.1. The Labute approximate surface area is 116 Å². The summed E-state index contributed by atoms with van der Waals surface area (Å²) in [5.74, 6) is -0.997. The van der Waals surface area contributed by atoms with Crippen LogP contribution in [0, 0.1) is 5.82 Å². The molecule has 5 heteroatoms. The van der Waals surface area contributed by atoms with E-state index >= 15 is 0 Å². The minimum atomic E-state index is -0.628. The van der Waals surface area contributed by atoms with Crippen molar-refractivity contribution in [3.8, 4) is 5.75 Å². The van der Waals surface area contributed by atoms with E-state index in [0.29, 0.717) is 12.2 Å². The molecule has 0 atom stereocenters. The molecule has 104 valence electrons. The van der Waals surface area contributed by atoms with Crippen LogP contribution in [0.15, 0.2) is 42.5 Å². The molecule has 0 fully saturated rings. The molecule has 2 rings (SSSR count). The number of benzene rings is 2. The van der Waals surface area contributed by atoms with Crippen LogP contribution in [-0.2, 0) is 6.54 Å². The predicted molar refractivity (Wildman–Crippen MR) is 75.2 cm³/mol. The van der Waals surface area contributed by atoms with Crippen molar-refractivity contribution in [3.63, 3.8) is 0 Å². The molecule has 3 N–H and O–H groups in total. The van der Waals surface area contributed by atoms with Crippen LogP contribution in [0.2, 0.25) is 0 Å². The number of hydrogen-bond donors (Lipinski definition) is 2. The molecule has 0 bridgehead atoms. The lowest BCUT2D eigenvalue weighted by Gasteiger charge is -2.10. The zero-order chi connectivity index (χ0) is 14.5. The molecule has 4 nitrogen and oxygen atoms in total. The van der Waals surface area contributed by atoms with Crippen molar-refractivity contribution in [2.24, 2.45) is 5.73 Å². The van der Waals surface area contributed by atoms with Gasteiger partial charge in [0.1, 0.15) is 17.1 Å². The highest BCUT2D eigenvalue weighted by molar-refractivity contribution is 6.06. The van der Waals surface area contributed by atoms with Crippen molar-refractivity contribution in [1.82, 2.24) is 0 Å². The minimum Gasteiger partial charge on any atom is -0.496 e. The molecular formula is C15H15FN2O2. The first-order valence-electron chi connectivity index (χ1n) is 6.08. The summed E-state index contributed by atoms with van der Waals surface area (Å²) in [7, 11) is 1.39. The molecule has 20 heavy (non-hydrogen) atoms. The van der Waals surface area contributed by atoms with Gasteiger partial charge in [0.15, 0.2) is 0 Å². The lowest BCUT2D eigenvalue weighted by Crippen LogP contribution is -2.15. The quantitative estimate of drug-likeness (QED) is 0.900. The number of ether oxygens (including phenoxy) is 1. The van der Waals surface area contributed by atoms with Crippen molar-refractivity contribution in [2.45, 2.75) is 6.54 Å². The molecule has 0 aromatic heterocycles. The molecule has 0 aliphatic heterocycles. The van der Waals surface area contributed by atoms with Gasteiger partial charge in [0.05, 0.1) is 7.11 Å². The molecule has 2 aromatic rings. The van der Waals surface area contributed by atoms with Crippen molar-refractivity contribution < 1.29 is 13.9 Å². The van der Waals surface area contributed by atoms with E-state index in [1.807, 2.05) is 6.07 Å². The maximum absolute atomic E-state index is 13.8. The summed E-state index contributed by atoms with van der Waals surface area (Å²) in [5, 5.41) is 2.63. The molecule has 0 spiro atoms. The van der Waals surface area contributed by atoms with E-state index in [9.17, 15) is 9.18 Å². The second-order valence-corrected chi connectivity index (χ2v) is 4.18. The van der Waals surface area contributed by atoms with Crippen molar-refractivity contribution >= 4 is 11.6 Å². The second-order valence-electron chi connectivity index (χ2n) is 4.18. The molecule has 0 saturated carbocycles. The molecule has 0 radical (unpaired) electrons. The predicted octanol–water partition coefficient (Wildman–Crippen LogP) is 2.55. The number of methoxy groups -OCH3 is 1. The zero-order valence-electron chi connectivity index (χ0n) is 11.0. The third-order valence-electron chi connectivity index (χ3n) is 2.84. The Balaban J connectivity index is 2.28. The Hall–Kier alpha value is -2.40. The summed E-state index contributed by atoms with van der Waals surface area (Å²) >= 11 is 0. The topological polar surface area (TPSA) is 64.3 Å². The number of hydrogen-bond acceptors (Lipinski definition) is 3. The van der Waals surface area contributed by atoms with Crippen molar-refractivity contribution in [1.29, 1.82) is 0 Å². The van der Waals surface area contributed by atoms with Crippen molar-refractivity contribution in [2.75, 3.05) is 12.4 Å². The van der Waals surface area contributed by atoms with Gasteiger partial charge in [0.2, 0.25) is 0 Å². The number of nitrogens with two attached hydrogens (primary N) is 1. The lowest BCUT2D eigenvalue weighted by molar-refractivity contribution is 0.102. The largest absolute Gasteiger partial charge is 0.496 e. The fourth-order valence-electron chi connectivity index (χ4n) is 1.86. The van der Waals surface area contributed by atoms with Gasteiger partial charge in [-0.3, -0.25) is 4.79 Å². The Bertz CT molecular complexity index is 629. The van der Waals surface area contributed by atoms with E-state index in [2.05, 4.69) is 5.32 Å². The highest BCUT2D eigenvalue weighted by atomic mass is 19.1. The summed E-state index contributed by atoms with van der Waals surface area (Å²) in [6.45, 7) is 0.368. The Morgan fingerprint density at radius 2 is 2.05 bits per heavy atom. The molecule has 0 unspecified atom stereocenters. The number of nitrogens with one attached hydrogen (secondary N) is 1. The Morgan fingerprint density at radius 1 is 1.30 bits per heavy atom. The van der Waals surface area contributed by atoms with Crippen LogP contribution in [-0.4, -0.2) is 13.0 Å². The van der Waals surface area contributed by atoms with E-state index in [0.717, 1.165) is 5.56 Å². The van der Waals surface area contributed by atoms with Gasteiger partial charge < -0.3 is 15.8 Å². The molecule has 2 aromatic carbocycles. The van der Waals surface area contributed by atoms with E-state index in [1.54, 1.807) is 18.2 Å². The van der Waals surface area contributed by atoms with E-state index < -0.39 is 11.7 Å². The van der Waals surface area contributed by atoms with Crippen LogP contribution in [0.4, 0.5) is 10.1 Å². The van der Waals surface area contributed by atoms with Crippen LogP contribution < -0.4 is 15.8 Å². The molecular weight excluding hydrogens is 259 g/mol. The van der Waals surface area contributed by atoms with Crippen LogP contribution in [0.25, 0.3) is 0 Å². The molecule has 0 aliphatic rings. The molecule has 0 saturated heterocycles. The smallest absolute Gasteiger partial charge is 0.262 e. The van der Waals surface area contributed by atoms with Gasteiger partial charge in [0, 0.05) is 12.2 Å². The summed E-state index contributed by atoms with van der Waals surface area (Å²) in [6, 6.07) is 11.3. The van der Waals surface area contributed by atoms with Gasteiger partial charge in [-0.15, -0.1) is 0 Å². The monoisotopic (exact) mass is 274 g/mol. The fraction of sp³-hybridized carbons (Fsp3) is 0.133. The first kappa shape index (κ1) is 14.0. The van der Waals surface area contributed by atoms with Gasteiger partial charge >= 0.3 is 0 Å². The minimum absolute atomic E-state index is 0.117. The second kappa shape index (κ2) is 6.16. The summed E-state index contributed by atoms with van der Waals surface area (Å²) in [6.07, 6.45) is 0. The molecule has 1 amide bonds. The Morgan fingerprint density at radius 3 is 2.75 bits per heavy atom. The van der Waals surface area contributed by atoms with E-state index in [1.165, 1.54) is 25.3 Å². The number of amides is 1. The normalized spacial score (nSPS) is 10.2. The number of halogens is 1. The van der Waals surface area contributed by atoms with Crippen LogP contribution >= 0.6 is 0 Å². The third kappa shape index (κ3) is 2.95. The highest BCUT2D eigenvalue weighted by Crippen LogP contribution is 2.22. The molecule has 0 aliphatic carbocycles. The third-order valence-corrected chi connectivity index (χ3v) is 2.84. The maximum Gasteiger partial charge on any atom is 0.262 e.